The van der Waals surface area contributed by atoms with Crippen LogP contribution in [0.3, 0.4) is 0 Å². The van der Waals surface area contributed by atoms with E-state index < -0.39 is 0 Å². The Morgan fingerprint density at radius 2 is 2.07 bits per heavy atom. The lowest BCUT2D eigenvalue weighted by Crippen LogP contribution is -1.97. The summed E-state index contributed by atoms with van der Waals surface area (Å²) in [6.07, 6.45) is 3.57. The summed E-state index contributed by atoms with van der Waals surface area (Å²) in [7, 11) is 0. The molecule has 0 radical (unpaired) electrons. The molecule has 0 heterocycles. The van der Waals surface area contributed by atoms with Crippen LogP contribution in [0.4, 0.5) is 0 Å². The summed E-state index contributed by atoms with van der Waals surface area (Å²) in [4.78, 5) is 10.4. The van der Waals surface area contributed by atoms with Crippen LogP contribution in [0.2, 0.25) is 0 Å². The molecule has 1 N–H and O–H groups in total. The molecule has 0 bridgehead atoms. The normalized spacial score (nSPS) is 10.4. The van der Waals surface area contributed by atoms with Gasteiger partial charge in [0.25, 0.3) is 0 Å². The molecule has 0 aromatic heterocycles. The van der Waals surface area contributed by atoms with Gasteiger partial charge in [-0.15, -0.1) is 0 Å². The number of esters is 1. The minimum absolute atomic E-state index is 0.238. The van der Waals surface area contributed by atoms with Crippen LogP contribution >= 0.6 is 0 Å². The van der Waals surface area contributed by atoms with E-state index in [-0.39, 0.29) is 18.3 Å². The SMILES string of the molecule is CC(=O)OC/C=C\c1ccc(O)cc1. The number of carbonyl (C=O) groups is 1. The molecule has 0 atom stereocenters. The molecule has 0 fully saturated rings. The van der Waals surface area contributed by atoms with E-state index in [0.29, 0.717) is 0 Å². The molecule has 14 heavy (non-hydrogen) atoms. The molecule has 0 amide bonds. The van der Waals surface area contributed by atoms with Crippen LogP contribution in [0, 0.1) is 0 Å². The highest BCUT2D eigenvalue weighted by Crippen LogP contribution is 2.10. The Balaban J connectivity index is 2.44. The predicted octanol–water partition coefficient (Wildman–Crippen LogP) is 1.97. The van der Waals surface area contributed by atoms with E-state index in [4.69, 9.17) is 9.84 Å². The van der Waals surface area contributed by atoms with E-state index in [1.54, 1.807) is 30.3 Å². The highest BCUT2D eigenvalue weighted by Gasteiger charge is 1.89. The van der Waals surface area contributed by atoms with Crippen LogP contribution in [-0.2, 0) is 9.53 Å². The monoisotopic (exact) mass is 192 g/mol. The average molecular weight is 192 g/mol. The van der Waals surface area contributed by atoms with Crippen molar-refractivity contribution in [2.24, 2.45) is 0 Å². The second-order valence-corrected chi connectivity index (χ2v) is 2.80. The zero-order chi connectivity index (χ0) is 10.4. The van der Waals surface area contributed by atoms with Gasteiger partial charge >= 0.3 is 5.97 Å². The van der Waals surface area contributed by atoms with Gasteiger partial charge in [0.1, 0.15) is 12.4 Å². The first-order chi connectivity index (χ1) is 6.68. The molecule has 1 aromatic carbocycles. The van der Waals surface area contributed by atoms with Gasteiger partial charge in [-0.1, -0.05) is 18.2 Å². The molecule has 0 aliphatic rings. The molecule has 0 saturated carbocycles. The van der Waals surface area contributed by atoms with Gasteiger partial charge in [-0.3, -0.25) is 4.79 Å². The number of hydrogen-bond donors (Lipinski definition) is 1. The molecule has 74 valence electrons. The van der Waals surface area contributed by atoms with Crippen LogP contribution in [0.5, 0.6) is 5.75 Å². The molecule has 3 heteroatoms. The second-order valence-electron chi connectivity index (χ2n) is 2.80. The van der Waals surface area contributed by atoms with E-state index >= 15 is 0 Å². The average Bonchev–Trinajstić information content (AvgIpc) is 2.15. The molecule has 3 nitrogen and oxygen atoms in total. The summed E-state index contributed by atoms with van der Waals surface area (Å²) in [5, 5.41) is 9.01. The molecule has 1 aromatic rings. The highest BCUT2D eigenvalue weighted by molar-refractivity contribution is 5.66. The van der Waals surface area contributed by atoms with Gasteiger partial charge in [0, 0.05) is 6.92 Å². The maximum absolute atomic E-state index is 10.4. The van der Waals surface area contributed by atoms with Gasteiger partial charge in [-0.05, 0) is 23.8 Å². The Morgan fingerprint density at radius 1 is 1.43 bits per heavy atom. The Hall–Kier alpha value is -1.77. The van der Waals surface area contributed by atoms with Crippen molar-refractivity contribution in [3.63, 3.8) is 0 Å². The van der Waals surface area contributed by atoms with E-state index in [1.807, 2.05) is 6.08 Å². The van der Waals surface area contributed by atoms with E-state index in [1.165, 1.54) is 6.92 Å². The maximum Gasteiger partial charge on any atom is 0.302 e. The summed E-state index contributed by atoms with van der Waals surface area (Å²) in [6, 6.07) is 6.76. The molecular weight excluding hydrogens is 180 g/mol. The maximum atomic E-state index is 10.4. The fourth-order valence-electron chi connectivity index (χ4n) is 0.935. The third-order valence-corrected chi connectivity index (χ3v) is 1.59. The number of hydrogen-bond acceptors (Lipinski definition) is 3. The third kappa shape index (κ3) is 3.76. The quantitative estimate of drug-likeness (QED) is 0.745. The minimum atomic E-state index is -0.291. The summed E-state index contributed by atoms with van der Waals surface area (Å²) in [5.74, 6) is -0.0532. The van der Waals surface area contributed by atoms with Crippen molar-refractivity contribution in [2.45, 2.75) is 6.92 Å². The summed E-state index contributed by atoms with van der Waals surface area (Å²) in [5.41, 5.74) is 0.954. The lowest BCUT2D eigenvalue weighted by Gasteiger charge is -1.96. The summed E-state index contributed by atoms with van der Waals surface area (Å²) < 4.78 is 4.71. The summed E-state index contributed by atoms with van der Waals surface area (Å²) >= 11 is 0. The number of aromatic hydroxyl groups is 1. The molecular formula is C11H12O3. The topological polar surface area (TPSA) is 46.5 Å². The minimum Gasteiger partial charge on any atom is -0.508 e. The Labute approximate surface area is 82.6 Å². The zero-order valence-corrected chi connectivity index (χ0v) is 7.93. The third-order valence-electron chi connectivity index (χ3n) is 1.59. The first-order valence-electron chi connectivity index (χ1n) is 4.27. The van der Waals surface area contributed by atoms with Gasteiger partial charge < -0.3 is 9.84 Å². The zero-order valence-electron chi connectivity index (χ0n) is 7.93. The van der Waals surface area contributed by atoms with Crippen LogP contribution in [0.1, 0.15) is 12.5 Å². The van der Waals surface area contributed by atoms with Crippen LogP contribution in [0.15, 0.2) is 30.3 Å². The van der Waals surface area contributed by atoms with Crippen molar-refractivity contribution in [1.29, 1.82) is 0 Å². The number of carbonyl (C=O) groups excluding carboxylic acids is 1. The summed E-state index contributed by atoms with van der Waals surface area (Å²) in [6.45, 7) is 1.64. The first kappa shape index (κ1) is 10.3. The van der Waals surface area contributed by atoms with Crippen molar-refractivity contribution in [3.8, 4) is 5.75 Å². The molecule has 1 rings (SSSR count). The van der Waals surface area contributed by atoms with Crippen molar-refractivity contribution in [2.75, 3.05) is 6.61 Å². The Kier molecular flexibility index (Phi) is 3.73. The second kappa shape index (κ2) is 5.07. The smallest absolute Gasteiger partial charge is 0.302 e. The first-order valence-corrected chi connectivity index (χ1v) is 4.27. The Morgan fingerprint density at radius 3 is 2.64 bits per heavy atom. The molecule has 0 saturated heterocycles. The van der Waals surface area contributed by atoms with Gasteiger partial charge in [-0.25, -0.2) is 0 Å². The molecule has 0 aliphatic heterocycles. The van der Waals surface area contributed by atoms with Gasteiger partial charge in [-0.2, -0.15) is 0 Å². The lowest BCUT2D eigenvalue weighted by atomic mass is 10.2. The Bertz CT molecular complexity index is 325. The van der Waals surface area contributed by atoms with Crippen molar-refractivity contribution < 1.29 is 14.6 Å². The van der Waals surface area contributed by atoms with E-state index in [9.17, 15) is 4.79 Å². The van der Waals surface area contributed by atoms with Gasteiger partial charge in [0.2, 0.25) is 0 Å². The van der Waals surface area contributed by atoms with Gasteiger partial charge in [0.15, 0.2) is 0 Å². The molecule has 0 unspecified atom stereocenters. The van der Waals surface area contributed by atoms with Crippen molar-refractivity contribution >= 4 is 12.0 Å². The van der Waals surface area contributed by atoms with E-state index in [2.05, 4.69) is 0 Å². The number of phenols is 1. The highest BCUT2D eigenvalue weighted by atomic mass is 16.5. The predicted molar refractivity (Wildman–Crippen MR) is 53.8 cm³/mol. The van der Waals surface area contributed by atoms with Crippen LogP contribution < -0.4 is 0 Å². The standard InChI is InChI=1S/C11H12O3/c1-9(12)14-8-2-3-10-4-6-11(13)7-5-10/h2-7,13H,8H2,1H3/b3-2-. The van der Waals surface area contributed by atoms with Crippen molar-refractivity contribution in [1.82, 2.24) is 0 Å². The number of rotatable bonds is 3. The van der Waals surface area contributed by atoms with Crippen LogP contribution in [0.25, 0.3) is 6.08 Å². The number of ether oxygens (including phenoxy) is 1. The fourth-order valence-corrected chi connectivity index (χ4v) is 0.935. The fraction of sp³-hybridized carbons (Fsp3) is 0.182. The lowest BCUT2D eigenvalue weighted by molar-refractivity contribution is -0.139. The largest absolute Gasteiger partial charge is 0.508 e. The van der Waals surface area contributed by atoms with Crippen LogP contribution in [-0.4, -0.2) is 17.7 Å². The van der Waals surface area contributed by atoms with Crippen molar-refractivity contribution in [3.05, 3.63) is 35.9 Å². The molecule has 0 aliphatic carbocycles. The van der Waals surface area contributed by atoms with Gasteiger partial charge in [0.05, 0.1) is 0 Å². The number of phenolic OH excluding ortho intramolecular Hbond substituents is 1. The van der Waals surface area contributed by atoms with E-state index in [0.717, 1.165) is 5.56 Å². The molecule has 0 spiro atoms. The number of benzene rings is 1.